The minimum atomic E-state index is -0.127. The molecule has 1 heterocycles. The van der Waals surface area contributed by atoms with Crippen LogP contribution in [0.15, 0.2) is 205 Å². The molecule has 0 spiro atoms. The van der Waals surface area contributed by atoms with Gasteiger partial charge in [-0.05, 0) is 92.5 Å². The first-order valence-electron chi connectivity index (χ1n) is 19.4. The molecule has 10 rings (SSSR count). The van der Waals surface area contributed by atoms with Crippen LogP contribution in [0.4, 0.5) is 17.1 Å². The number of hydrogen-bond donors (Lipinski definition) is 0. The predicted octanol–water partition coefficient (Wildman–Crippen LogP) is 14.4. The van der Waals surface area contributed by atoms with Crippen LogP contribution >= 0.6 is 0 Å². The number of benzene rings is 9. The quantitative estimate of drug-likeness (QED) is 0.175. The molecule has 10 aromatic rings. The van der Waals surface area contributed by atoms with E-state index >= 15 is 0 Å². The molecule has 0 atom stereocenters. The molecule has 0 aliphatic heterocycles. The summed E-state index contributed by atoms with van der Waals surface area (Å²) in [4.78, 5) is 1.88. The summed E-state index contributed by atoms with van der Waals surface area (Å²) in [7, 11) is 0. The molecule has 0 radical (unpaired) electrons. The number of fused-ring (bicyclic) bond motifs is 6. The molecule has 2 nitrogen and oxygen atoms in total. The highest BCUT2D eigenvalue weighted by Crippen LogP contribution is 2.43. The summed E-state index contributed by atoms with van der Waals surface area (Å²) < 4.78 is 44.6. The Morgan fingerprint density at radius 3 is 1.88 bits per heavy atom. The third kappa shape index (κ3) is 5.12. The van der Waals surface area contributed by atoms with Gasteiger partial charge in [0, 0.05) is 33.1 Å². The van der Waals surface area contributed by atoms with Gasteiger partial charge in [-0.2, -0.15) is 0 Å². The van der Waals surface area contributed by atoms with Gasteiger partial charge >= 0.3 is 0 Å². The molecule has 0 unspecified atom stereocenters. The van der Waals surface area contributed by atoms with E-state index in [4.69, 9.17) is 4.42 Å². The maximum atomic E-state index is 9.62. The van der Waals surface area contributed by atoms with E-state index in [9.17, 15) is 5.48 Å². The summed E-state index contributed by atoms with van der Waals surface area (Å²) in [5, 5.41) is 5.99. The summed E-state index contributed by atoms with van der Waals surface area (Å²) in [5.41, 5.74) is 8.08. The maximum Gasteiger partial charge on any atom is 0.143 e. The molecule has 1 aromatic heterocycles. The second kappa shape index (κ2) is 12.5. The van der Waals surface area contributed by atoms with Crippen LogP contribution in [0, 0.1) is 0 Å². The van der Waals surface area contributed by atoms with Crippen LogP contribution in [-0.4, -0.2) is 0 Å². The van der Waals surface area contributed by atoms with E-state index in [0.29, 0.717) is 11.3 Å². The smallest absolute Gasteiger partial charge is 0.143 e. The minimum absolute atomic E-state index is 0.0984. The average Bonchev–Trinajstić information content (AvgIpc) is 3.64. The van der Waals surface area contributed by atoms with E-state index in [0.717, 1.165) is 71.4 Å². The summed E-state index contributed by atoms with van der Waals surface area (Å²) in [6.45, 7) is 0. The third-order valence-corrected chi connectivity index (χ3v) is 9.94. The fourth-order valence-electron chi connectivity index (χ4n) is 7.40. The zero-order valence-corrected chi connectivity index (χ0v) is 28.1. The average molecular weight is 668 g/mol. The van der Waals surface area contributed by atoms with Crippen molar-refractivity contribution >= 4 is 60.5 Å². The van der Waals surface area contributed by atoms with Crippen molar-refractivity contribution in [1.29, 1.82) is 0 Å². The standard InChI is InChI=1S/C50H33NO/c1-2-11-34(12-3-1)35-23-28-40(29-24-35)51(41-30-25-37(26-31-41)43-18-10-14-36-13-4-5-15-42(36)43)48-19-8-6-16-44(48)39-22-21-38-27-32-46-45-17-7-9-20-49(45)52-50(46)47(38)33-39/h1-33H/i25D,26D,30D,31D. The lowest BCUT2D eigenvalue weighted by Gasteiger charge is -2.28. The first kappa shape index (κ1) is 26.0. The van der Waals surface area contributed by atoms with Crippen LogP contribution in [0.5, 0.6) is 0 Å². The Morgan fingerprint density at radius 2 is 1.02 bits per heavy atom. The number of furan rings is 1. The summed E-state index contributed by atoms with van der Waals surface area (Å²) >= 11 is 0. The lowest BCUT2D eigenvalue weighted by molar-refractivity contribution is 0.672. The van der Waals surface area contributed by atoms with Gasteiger partial charge in [0.2, 0.25) is 0 Å². The molecule has 0 saturated heterocycles. The van der Waals surface area contributed by atoms with E-state index in [1.54, 1.807) is 0 Å². The van der Waals surface area contributed by atoms with Gasteiger partial charge in [0.25, 0.3) is 0 Å². The molecule has 0 aliphatic carbocycles. The van der Waals surface area contributed by atoms with Gasteiger partial charge in [-0.25, -0.2) is 0 Å². The van der Waals surface area contributed by atoms with Crippen LogP contribution in [0.3, 0.4) is 0 Å². The molecule has 0 bridgehead atoms. The molecule has 0 amide bonds. The molecule has 0 fully saturated rings. The van der Waals surface area contributed by atoms with Crippen LogP contribution in [-0.2, 0) is 0 Å². The minimum Gasteiger partial charge on any atom is -0.455 e. The zero-order chi connectivity index (χ0) is 37.9. The SMILES string of the molecule is [2H]c1c([2H])c(N(c2ccc(-c3ccccc3)cc2)c2ccccc2-c2ccc3ccc4c5ccccc5oc4c3c2)c([2H])c([2H])c1-c1cccc2ccccc12. The lowest BCUT2D eigenvalue weighted by Crippen LogP contribution is -2.11. The van der Waals surface area contributed by atoms with Crippen molar-refractivity contribution in [3.63, 3.8) is 0 Å². The normalized spacial score (nSPS) is 12.5. The van der Waals surface area contributed by atoms with Gasteiger partial charge in [-0.1, -0.05) is 152 Å². The Labute approximate surface area is 308 Å². The van der Waals surface area contributed by atoms with Crippen LogP contribution in [0.25, 0.3) is 76.9 Å². The second-order valence-electron chi connectivity index (χ2n) is 13.0. The molecule has 52 heavy (non-hydrogen) atoms. The molecule has 244 valence electrons. The van der Waals surface area contributed by atoms with Crippen LogP contribution < -0.4 is 4.90 Å². The van der Waals surface area contributed by atoms with Gasteiger partial charge < -0.3 is 9.32 Å². The molecule has 0 N–H and O–H groups in total. The number of rotatable bonds is 6. The summed E-state index contributed by atoms with van der Waals surface area (Å²) in [5.74, 6) is 0. The monoisotopic (exact) mass is 667 g/mol. The Hall–Kier alpha value is -6.90. The first-order valence-corrected chi connectivity index (χ1v) is 17.4. The third-order valence-electron chi connectivity index (χ3n) is 9.94. The summed E-state index contributed by atoms with van der Waals surface area (Å²) in [6.07, 6.45) is 0. The Morgan fingerprint density at radius 1 is 0.385 bits per heavy atom. The Kier molecular flexibility index (Phi) is 6.22. The lowest BCUT2D eigenvalue weighted by atomic mass is 9.96. The van der Waals surface area contributed by atoms with Crippen molar-refractivity contribution in [3.8, 4) is 33.4 Å². The largest absolute Gasteiger partial charge is 0.455 e. The number of hydrogen-bond acceptors (Lipinski definition) is 2. The number of para-hydroxylation sites is 2. The van der Waals surface area contributed by atoms with Gasteiger partial charge in [-0.15, -0.1) is 0 Å². The molecule has 0 saturated carbocycles. The van der Waals surface area contributed by atoms with E-state index in [1.807, 2.05) is 132 Å². The first-order chi connectivity index (χ1) is 27.5. The fourth-order valence-corrected chi connectivity index (χ4v) is 7.40. The van der Waals surface area contributed by atoms with Crippen molar-refractivity contribution in [2.75, 3.05) is 4.90 Å². The second-order valence-corrected chi connectivity index (χ2v) is 13.0. The highest BCUT2D eigenvalue weighted by molar-refractivity contribution is 6.15. The topological polar surface area (TPSA) is 16.4 Å². The zero-order valence-electron chi connectivity index (χ0n) is 32.1. The number of anilines is 3. The van der Waals surface area contributed by atoms with Crippen molar-refractivity contribution < 1.29 is 9.90 Å². The fraction of sp³-hybridized carbons (Fsp3) is 0. The van der Waals surface area contributed by atoms with E-state index in [1.165, 1.54) is 0 Å². The summed E-state index contributed by atoms with van der Waals surface area (Å²) in [6, 6.07) is 58.0. The van der Waals surface area contributed by atoms with Crippen molar-refractivity contribution in [2.45, 2.75) is 0 Å². The highest BCUT2D eigenvalue weighted by Gasteiger charge is 2.19. The Balaban J connectivity index is 1.20. The predicted molar refractivity (Wildman–Crippen MR) is 220 cm³/mol. The molecule has 9 aromatic carbocycles. The van der Waals surface area contributed by atoms with Gasteiger partial charge in [-0.3, -0.25) is 0 Å². The van der Waals surface area contributed by atoms with E-state index in [-0.39, 0.29) is 35.4 Å². The van der Waals surface area contributed by atoms with Crippen molar-refractivity contribution in [2.24, 2.45) is 0 Å². The van der Waals surface area contributed by atoms with Gasteiger partial charge in [0.15, 0.2) is 0 Å². The van der Waals surface area contributed by atoms with Crippen molar-refractivity contribution in [3.05, 3.63) is 200 Å². The highest BCUT2D eigenvalue weighted by atomic mass is 16.3. The van der Waals surface area contributed by atoms with Crippen molar-refractivity contribution in [1.82, 2.24) is 0 Å². The number of nitrogens with zero attached hydrogens (tertiary/aromatic N) is 1. The van der Waals surface area contributed by atoms with Crippen LogP contribution in [0.1, 0.15) is 5.48 Å². The molecular formula is C50H33NO. The molecule has 0 aliphatic rings. The van der Waals surface area contributed by atoms with Gasteiger partial charge in [0.1, 0.15) is 11.2 Å². The van der Waals surface area contributed by atoms with E-state index < -0.39 is 0 Å². The van der Waals surface area contributed by atoms with Crippen LogP contribution in [0.2, 0.25) is 0 Å². The van der Waals surface area contributed by atoms with Gasteiger partial charge in [0.05, 0.1) is 11.2 Å². The van der Waals surface area contributed by atoms with E-state index in [2.05, 4.69) is 48.5 Å². The Bertz CT molecular complexity index is 3100. The molecule has 2 heteroatoms. The molecular weight excluding hydrogens is 631 g/mol. The maximum absolute atomic E-state index is 9.62.